The highest BCUT2D eigenvalue weighted by Gasteiger charge is 2.33. The molecule has 0 unspecified atom stereocenters. The Morgan fingerprint density at radius 2 is 1.58 bits per heavy atom. The topological polar surface area (TPSA) is 96.0 Å². The van der Waals surface area contributed by atoms with Crippen molar-refractivity contribution in [3.8, 4) is 5.75 Å². The summed E-state index contributed by atoms with van der Waals surface area (Å²) in [4.78, 5) is 28.6. The van der Waals surface area contributed by atoms with E-state index in [1.165, 1.54) is 19.1 Å². The summed E-state index contributed by atoms with van der Waals surface area (Å²) in [5, 5.41) is 2.67. The standard InChI is InChI=1S/C29H35N3O5S/c1-21-10-9-13-24(16-21)19-31(26(29(34)30-3)18-23-11-7-6-8-12-23)28(33)20-32(38(5,35)36)25-17-22(2)14-15-27(25)37-4/h6-17,26H,18-20H2,1-5H3,(H,30,34)/t26-/m0/s1. The molecule has 0 fully saturated rings. The zero-order valence-electron chi connectivity index (χ0n) is 22.5. The lowest BCUT2D eigenvalue weighted by Gasteiger charge is -2.33. The van der Waals surface area contributed by atoms with Crippen LogP contribution < -0.4 is 14.4 Å². The van der Waals surface area contributed by atoms with Gasteiger partial charge in [-0.25, -0.2) is 8.42 Å². The molecule has 38 heavy (non-hydrogen) atoms. The van der Waals surface area contributed by atoms with E-state index in [0.717, 1.165) is 32.8 Å². The van der Waals surface area contributed by atoms with E-state index < -0.39 is 28.5 Å². The highest BCUT2D eigenvalue weighted by Crippen LogP contribution is 2.31. The molecule has 1 atom stereocenters. The van der Waals surface area contributed by atoms with Gasteiger partial charge in [0.2, 0.25) is 21.8 Å². The van der Waals surface area contributed by atoms with Gasteiger partial charge in [-0.1, -0.05) is 66.2 Å². The summed E-state index contributed by atoms with van der Waals surface area (Å²) in [5.41, 5.74) is 3.80. The Morgan fingerprint density at radius 3 is 2.18 bits per heavy atom. The highest BCUT2D eigenvalue weighted by molar-refractivity contribution is 7.92. The maximum Gasteiger partial charge on any atom is 0.244 e. The summed E-state index contributed by atoms with van der Waals surface area (Å²) in [6.07, 6.45) is 1.32. The third-order valence-corrected chi connectivity index (χ3v) is 7.36. The number of aryl methyl sites for hydroxylation is 2. The number of likely N-dealkylation sites (N-methyl/N-ethyl adjacent to an activating group) is 1. The van der Waals surface area contributed by atoms with Gasteiger partial charge in [-0.15, -0.1) is 0 Å². The van der Waals surface area contributed by atoms with E-state index in [9.17, 15) is 18.0 Å². The normalized spacial score (nSPS) is 11.9. The minimum absolute atomic E-state index is 0.133. The molecule has 9 heteroatoms. The van der Waals surface area contributed by atoms with Crippen LogP contribution in [0.5, 0.6) is 5.75 Å². The predicted molar refractivity (Wildman–Crippen MR) is 150 cm³/mol. The first-order chi connectivity index (χ1) is 18.0. The molecule has 0 saturated carbocycles. The van der Waals surface area contributed by atoms with Crippen LogP contribution >= 0.6 is 0 Å². The first kappa shape index (κ1) is 28.7. The second kappa shape index (κ2) is 12.6. The van der Waals surface area contributed by atoms with E-state index in [-0.39, 0.29) is 24.6 Å². The first-order valence-corrected chi connectivity index (χ1v) is 14.1. The van der Waals surface area contributed by atoms with E-state index in [2.05, 4.69) is 5.32 Å². The molecule has 0 saturated heterocycles. The lowest BCUT2D eigenvalue weighted by Crippen LogP contribution is -2.52. The quantitative estimate of drug-likeness (QED) is 0.404. The average Bonchev–Trinajstić information content (AvgIpc) is 2.88. The number of rotatable bonds is 11. The number of hydrogen-bond donors (Lipinski definition) is 1. The van der Waals surface area contributed by atoms with Crippen LogP contribution in [-0.4, -0.2) is 58.1 Å². The molecule has 1 N–H and O–H groups in total. The van der Waals surface area contributed by atoms with Crippen molar-refractivity contribution in [3.63, 3.8) is 0 Å². The van der Waals surface area contributed by atoms with Crippen molar-refractivity contribution in [1.82, 2.24) is 10.2 Å². The predicted octanol–water partition coefficient (Wildman–Crippen LogP) is 3.46. The third-order valence-electron chi connectivity index (χ3n) is 6.24. The number of amides is 2. The molecule has 3 aromatic carbocycles. The molecule has 0 heterocycles. The lowest BCUT2D eigenvalue weighted by molar-refractivity contribution is -0.139. The average molecular weight is 538 g/mol. The molecular formula is C29H35N3O5S. The molecule has 0 bridgehead atoms. The fraction of sp³-hybridized carbons (Fsp3) is 0.310. The van der Waals surface area contributed by atoms with Gasteiger partial charge in [0.1, 0.15) is 18.3 Å². The number of sulfonamides is 1. The van der Waals surface area contributed by atoms with Gasteiger partial charge in [0.05, 0.1) is 19.1 Å². The van der Waals surface area contributed by atoms with Gasteiger partial charge in [-0.05, 0) is 42.7 Å². The Morgan fingerprint density at radius 1 is 0.921 bits per heavy atom. The number of nitrogens with zero attached hydrogens (tertiary/aromatic N) is 2. The summed E-state index contributed by atoms with van der Waals surface area (Å²) in [5.74, 6) is -0.523. The van der Waals surface area contributed by atoms with E-state index in [4.69, 9.17) is 4.74 Å². The number of carbonyl (C=O) groups excluding carboxylic acids is 2. The molecule has 0 aliphatic carbocycles. The van der Waals surface area contributed by atoms with Gasteiger partial charge in [0, 0.05) is 20.0 Å². The lowest BCUT2D eigenvalue weighted by atomic mass is 10.0. The van der Waals surface area contributed by atoms with Crippen LogP contribution in [0.4, 0.5) is 5.69 Å². The molecule has 2 amide bonds. The Hall–Kier alpha value is -3.85. The fourth-order valence-corrected chi connectivity index (χ4v) is 5.16. The largest absolute Gasteiger partial charge is 0.495 e. The Labute approximate surface area is 225 Å². The van der Waals surface area contributed by atoms with Crippen molar-refractivity contribution in [3.05, 3.63) is 95.1 Å². The van der Waals surface area contributed by atoms with E-state index in [1.54, 1.807) is 18.2 Å². The van der Waals surface area contributed by atoms with Crippen molar-refractivity contribution in [2.24, 2.45) is 0 Å². The SMILES string of the molecule is CNC(=O)[C@H](Cc1ccccc1)N(Cc1cccc(C)c1)C(=O)CN(c1cc(C)ccc1OC)S(C)(=O)=O. The number of hydrogen-bond acceptors (Lipinski definition) is 5. The van der Waals surface area contributed by atoms with Gasteiger partial charge in [-0.3, -0.25) is 13.9 Å². The zero-order valence-corrected chi connectivity index (χ0v) is 23.3. The van der Waals surface area contributed by atoms with E-state index in [1.807, 2.05) is 68.4 Å². The highest BCUT2D eigenvalue weighted by atomic mass is 32.2. The molecule has 3 aromatic rings. The van der Waals surface area contributed by atoms with Gasteiger partial charge in [0.15, 0.2) is 0 Å². The van der Waals surface area contributed by atoms with Gasteiger partial charge >= 0.3 is 0 Å². The summed E-state index contributed by atoms with van der Waals surface area (Å²) >= 11 is 0. The molecule has 202 valence electrons. The number of nitrogens with one attached hydrogen (secondary N) is 1. The van der Waals surface area contributed by atoms with Crippen molar-refractivity contribution in [2.75, 3.05) is 31.3 Å². The summed E-state index contributed by atoms with van der Waals surface area (Å²) < 4.78 is 32.3. The molecule has 0 aromatic heterocycles. The summed E-state index contributed by atoms with van der Waals surface area (Å²) in [6, 6.07) is 21.4. The van der Waals surface area contributed by atoms with Gasteiger partial charge < -0.3 is 15.0 Å². The van der Waals surface area contributed by atoms with E-state index >= 15 is 0 Å². The molecule has 0 spiro atoms. The van der Waals surface area contributed by atoms with Crippen molar-refractivity contribution in [2.45, 2.75) is 32.9 Å². The van der Waals surface area contributed by atoms with Crippen molar-refractivity contribution < 1.29 is 22.7 Å². The maximum atomic E-state index is 14.0. The number of anilines is 1. The van der Waals surface area contributed by atoms with E-state index in [0.29, 0.717) is 5.75 Å². The summed E-state index contributed by atoms with van der Waals surface area (Å²) in [6.45, 7) is 3.42. The van der Waals surface area contributed by atoms with Crippen molar-refractivity contribution >= 4 is 27.5 Å². The smallest absolute Gasteiger partial charge is 0.244 e. The maximum absolute atomic E-state index is 14.0. The third kappa shape index (κ3) is 7.35. The second-order valence-corrected chi connectivity index (χ2v) is 11.2. The molecule has 8 nitrogen and oxygen atoms in total. The minimum Gasteiger partial charge on any atom is -0.495 e. The minimum atomic E-state index is -3.88. The number of methoxy groups -OCH3 is 1. The second-order valence-electron chi connectivity index (χ2n) is 9.28. The van der Waals surface area contributed by atoms with Gasteiger partial charge in [0.25, 0.3) is 0 Å². The van der Waals surface area contributed by atoms with Crippen LogP contribution in [0.2, 0.25) is 0 Å². The molecular weight excluding hydrogens is 502 g/mol. The number of ether oxygens (including phenoxy) is 1. The summed E-state index contributed by atoms with van der Waals surface area (Å²) in [7, 11) is -0.910. The van der Waals surface area contributed by atoms with Crippen LogP contribution in [0.1, 0.15) is 22.3 Å². The van der Waals surface area contributed by atoms with Crippen LogP contribution in [0.3, 0.4) is 0 Å². The monoisotopic (exact) mass is 537 g/mol. The number of benzene rings is 3. The van der Waals surface area contributed by atoms with Crippen LogP contribution in [0.15, 0.2) is 72.8 Å². The van der Waals surface area contributed by atoms with Gasteiger partial charge in [-0.2, -0.15) is 0 Å². The Kier molecular flexibility index (Phi) is 9.52. The molecule has 0 radical (unpaired) electrons. The zero-order chi connectivity index (χ0) is 27.9. The Balaban J connectivity index is 2.07. The van der Waals surface area contributed by atoms with Crippen LogP contribution in [-0.2, 0) is 32.6 Å². The fourth-order valence-electron chi connectivity index (χ4n) is 4.32. The molecule has 0 aliphatic heterocycles. The Bertz CT molecular complexity index is 1380. The van der Waals surface area contributed by atoms with Crippen LogP contribution in [0, 0.1) is 13.8 Å². The van der Waals surface area contributed by atoms with Crippen molar-refractivity contribution in [1.29, 1.82) is 0 Å². The first-order valence-electron chi connectivity index (χ1n) is 12.3. The number of carbonyl (C=O) groups is 2. The molecule has 3 rings (SSSR count). The molecule has 0 aliphatic rings. The van der Waals surface area contributed by atoms with Crippen LogP contribution in [0.25, 0.3) is 0 Å².